The molecular formula is C18H26N2O4. The molecule has 1 aromatic carbocycles. The van der Waals surface area contributed by atoms with Gasteiger partial charge < -0.3 is 19.7 Å². The van der Waals surface area contributed by atoms with Crippen molar-refractivity contribution < 1.29 is 19.1 Å². The molecule has 24 heavy (non-hydrogen) atoms. The zero-order chi connectivity index (χ0) is 17.7. The van der Waals surface area contributed by atoms with Gasteiger partial charge in [-0.25, -0.2) is 0 Å². The summed E-state index contributed by atoms with van der Waals surface area (Å²) in [5.74, 6) is 1.29. The highest BCUT2D eigenvalue weighted by molar-refractivity contribution is 6.01. The summed E-state index contributed by atoms with van der Waals surface area (Å²) in [6.07, 6.45) is 1.15. The Morgan fingerprint density at radius 3 is 2.71 bits per heavy atom. The van der Waals surface area contributed by atoms with Gasteiger partial charge in [0.25, 0.3) is 0 Å². The fourth-order valence-electron chi connectivity index (χ4n) is 2.75. The molecule has 6 heteroatoms. The zero-order valence-corrected chi connectivity index (χ0v) is 14.8. The first-order valence-corrected chi connectivity index (χ1v) is 8.26. The van der Waals surface area contributed by atoms with Crippen LogP contribution in [0.2, 0.25) is 0 Å². The lowest BCUT2D eigenvalue weighted by atomic mass is 10.1. The molecule has 0 aromatic heterocycles. The third-order valence-electron chi connectivity index (χ3n) is 4.19. The van der Waals surface area contributed by atoms with Gasteiger partial charge in [0.15, 0.2) is 0 Å². The molecule has 1 aliphatic heterocycles. The first-order chi connectivity index (χ1) is 11.5. The minimum Gasteiger partial charge on any atom is -0.497 e. The first kappa shape index (κ1) is 18.1. The second-order valence-electron chi connectivity index (χ2n) is 6.42. The molecule has 0 bridgehead atoms. The van der Waals surface area contributed by atoms with E-state index >= 15 is 0 Å². The van der Waals surface area contributed by atoms with Crippen molar-refractivity contribution in [3.05, 3.63) is 18.2 Å². The van der Waals surface area contributed by atoms with E-state index in [9.17, 15) is 9.59 Å². The molecule has 1 fully saturated rings. The average Bonchev–Trinajstić information content (AvgIpc) is 2.95. The third kappa shape index (κ3) is 4.19. The molecule has 1 atom stereocenters. The summed E-state index contributed by atoms with van der Waals surface area (Å²) in [6, 6.07) is 5.30. The van der Waals surface area contributed by atoms with Crippen LogP contribution in [0.1, 0.15) is 26.7 Å². The van der Waals surface area contributed by atoms with Crippen molar-refractivity contribution in [2.75, 3.05) is 32.2 Å². The number of nitrogens with one attached hydrogen (secondary N) is 1. The number of anilines is 1. The molecule has 1 aliphatic rings. The molecule has 2 rings (SSSR count). The Kier molecular flexibility index (Phi) is 6.06. The lowest BCUT2D eigenvalue weighted by Gasteiger charge is -2.20. The molecule has 0 radical (unpaired) electrons. The lowest BCUT2D eigenvalue weighted by Crippen LogP contribution is -2.34. The first-order valence-electron chi connectivity index (χ1n) is 8.26. The molecule has 6 nitrogen and oxygen atoms in total. The van der Waals surface area contributed by atoms with E-state index in [2.05, 4.69) is 19.2 Å². The molecule has 1 unspecified atom stereocenters. The Bertz CT molecular complexity index is 601. The topological polar surface area (TPSA) is 67.9 Å². The van der Waals surface area contributed by atoms with Gasteiger partial charge in [-0.15, -0.1) is 0 Å². The fourth-order valence-corrected chi connectivity index (χ4v) is 2.75. The Labute approximate surface area is 143 Å². The highest BCUT2D eigenvalue weighted by Gasteiger charge is 2.36. The van der Waals surface area contributed by atoms with Crippen molar-refractivity contribution >= 4 is 17.5 Å². The number of rotatable bonds is 7. The number of ether oxygens (including phenoxy) is 2. The molecule has 1 aromatic rings. The second-order valence-corrected chi connectivity index (χ2v) is 6.42. The molecule has 2 amide bonds. The van der Waals surface area contributed by atoms with Gasteiger partial charge in [0.05, 0.1) is 25.8 Å². The van der Waals surface area contributed by atoms with Crippen LogP contribution in [0, 0.1) is 11.8 Å². The number of carbonyl (C=O) groups excluding carboxylic acids is 2. The van der Waals surface area contributed by atoms with Crippen LogP contribution in [-0.2, 0) is 9.59 Å². The largest absolute Gasteiger partial charge is 0.497 e. The highest BCUT2D eigenvalue weighted by Crippen LogP contribution is 2.36. The number of methoxy groups -OCH3 is 2. The van der Waals surface area contributed by atoms with E-state index in [-0.39, 0.29) is 24.2 Å². The summed E-state index contributed by atoms with van der Waals surface area (Å²) in [4.78, 5) is 26.3. The predicted octanol–water partition coefficient (Wildman–Crippen LogP) is 2.22. The number of carbonyl (C=O) groups is 2. The van der Waals surface area contributed by atoms with Crippen molar-refractivity contribution in [2.45, 2.75) is 26.7 Å². The quantitative estimate of drug-likeness (QED) is 0.830. The van der Waals surface area contributed by atoms with Crippen molar-refractivity contribution in [1.29, 1.82) is 0 Å². The van der Waals surface area contributed by atoms with Gasteiger partial charge in [-0.05, 0) is 24.5 Å². The molecule has 0 saturated carbocycles. The van der Waals surface area contributed by atoms with E-state index in [1.807, 2.05) is 0 Å². The van der Waals surface area contributed by atoms with Gasteiger partial charge in [0.2, 0.25) is 11.8 Å². The van der Waals surface area contributed by atoms with E-state index < -0.39 is 0 Å². The van der Waals surface area contributed by atoms with Crippen molar-refractivity contribution in [3.8, 4) is 11.5 Å². The lowest BCUT2D eigenvalue weighted by molar-refractivity contribution is -0.126. The molecule has 1 saturated heterocycles. The summed E-state index contributed by atoms with van der Waals surface area (Å²) < 4.78 is 10.6. The minimum absolute atomic E-state index is 0.0617. The summed E-state index contributed by atoms with van der Waals surface area (Å²) in [5.41, 5.74) is 0.638. The molecule has 1 heterocycles. The SMILES string of the molecule is COc1ccc(OC)c(N2CC(C(=O)NCCC(C)C)CC2=O)c1. The molecule has 0 aliphatic carbocycles. The number of hydrogen-bond acceptors (Lipinski definition) is 4. The van der Waals surface area contributed by atoms with Crippen molar-refractivity contribution in [3.63, 3.8) is 0 Å². The van der Waals surface area contributed by atoms with Gasteiger partial charge in [-0.3, -0.25) is 9.59 Å². The van der Waals surface area contributed by atoms with Crippen LogP contribution in [0.25, 0.3) is 0 Å². The molecule has 0 spiro atoms. The van der Waals surface area contributed by atoms with Gasteiger partial charge in [-0.2, -0.15) is 0 Å². The second kappa shape index (κ2) is 8.04. The van der Waals surface area contributed by atoms with Crippen LogP contribution in [0.4, 0.5) is 5.69 Å². The smallest absolute Gasteiger partial charge is 0.227 e. The van der Waals surface area contributed by atoms with E-state index in [1.165, 1.54) is 0 Å². The van der Waals surface area contributed by atoms with E-state index in [4.69, 9.17) is 9.47 Å². The summed E-state index contributed by atoms with van der Waals surface area (Å²) in [6.45, 7) is 5.23. The van der Waals surface area contributed by atoms with Crippen molar-refractivity contribution in [2.24, 2.45) is 11.8 Å². The van der Waals surface area contributed by atoms with Crippen molar-refractivity contribution in [1.82, 2.24) is 5.32 Å². The average molecular weight is 334 g/mol. The van der Waals surface area contributed by atoms with E-state index in [0.29, 0.717) is 36.2 Å². The fraction of sp³-hybridized carbons (Fsp3) is 0.556. The third-order valence-corrected chi connectivity index (χ3v) is 4.19. The Hall–Kier alpha value is -2.24. The van der Waals surface area contributed by atoms with Crippen LogP contribution in [0.15, 0.2) is 18.2 Å². The Morgan fingerprint density at radius 1 is 1.33 bits per heavy atom. The van der Waals surface area contributed by atoms with Gasteiger partial charge in [0, 0.05) is 25.6 Å². The van der Waals surface area contributed by atoms with Crippen LogP contribution in [0.3, 0.4) is 0 Å². The Morgan fingerprint density at radius 2 is 2.08 bits per heavy atom. The minimum atomic E-state index is -0.333. The van der Waals surface area contributed by atoms with Gasteiger partial charge >= 0.3 is 0 Å². The van der Waals surface area contributed by atoms with Gasteiger partial charge in [0.1, 0.15) is 11.5 Å². The number of amides is 2. The number of nitrogens with zero attached hydrogens (tertiary/aromatic N) is 1. The molecule has 132 valence electrons. The Balaban J connectivity index is 2.08. The van der Waals surface area contributed by atoms with Crippen LogP contribution in [0.5, 0.6) is 11.5 Å². The van der Waals surface area contributed by atoms with Gasteiger partial charge in [-0.1, -0.05) is 13.8 Å². The standard InChI is InChI=1S/C18H26N2O4/c1-12(2)7-8-19-18(22)13-9-17(21)20(11-13)15-10-14(23-3)5-6-16(15)24-4/h5-6,10,12-13H,7-9,11H2,1-4H3,(H,19,22). The normalized spacial score (nSPS) is 17.3. The van der Waals surface area contributed by atoms with E-state index in [1.54, 1.807) is 37.3 Å². The molecular weight excluding hydrogens is 308 g/mol. The molecule has 1 N–H and O–H groups in total. The summed E-state index contributed by atoms with van der Waals surface area (Å²) in [5, 5.41) is 2.93. The van der Waals surface area contributed by atoms with Crippen LogP contribution >= 0.6 is 0 Å². The maximum absolute atomic E-state index is 12.4. The number of benzene rings is 1. The maximum atomic E-state index is 12.4. The maximum Gasteiger partial charge on any atom is 0.227 e. The van der Waals surface area contributed by atoms with Crippen LogP contribution < -0.4 is 19.7 Å². The summed E-state index contributed by atoms with van der Waals surface area (Å²) >= 11 is 0. The zero-order valence-electron chi connectivity index (χ0n) is 14.8. The summed E-state index contributed by atoms with van der Waals surface area (Å²) in [7, 11) is 3.13. The highest BCUT2D eigenvalue weighted by atomic mass is 16.5. The van der Waals surface area contributed by atoms with E-state index in [0.717, 1.165) is 6.42 Å². The van der Waals surface area contributed by atoms with Crippen LogP contribution in [-0.4, -0.2) is 39.1 Å². The number of hydrogen-bond donors (Lipinski definition) is 1. The predicted molar refractivity (Wildman–Crippen MR) is 92.5 cm³/mol. The monoisotopic (exact) mass is 334 g/mol.